The van der Waals surface area contributed by atoms with Gasteiger partial charge >= 0.3 is 0 Å². The molecule has 0 saturated heterocycles. The molecule has 0 aliphatic carbocycles. The number of hydrogen-bond acceptors (Lipinski definition) is 1. The van der Waals surface area contributed by atoms with Gasteiger partial charge in [0.25, 0.3) is 11.0 Å². The van der Waals surface area contributed by atoms with Crippen molar-refractivity contribution in [3.05, 3.63) is 78.1 Å². The number of hydrogen-bond donors (Lipinski definition) is 0. The zero-order chi connectivity index (χ0) is 17.9. The Kier molecular flexibility index (Phi) is 4.75. The third-order valence-electron chi connectivity index (χ3n) is 4.78. The van der Waals surface area contributed by atoms with E-state index in [2.05, 4.69) is 90.1 Å². The Labute approximate surface area is 149 Å². The summed E-state index contributed by atoms with van der Waals surface area (Å²) >= 11 is 0. The van der Waals surface area contributed by atoms with E-state index in [1.807, 2.05) is 25.5 Å². The van der Waals surface area contributed by atoms with Crippen LogP contribution in [0.2, 0.25) is 0 Å². The average molecular weight is 331 g/mol. The van der Waals surface area contributed by atoms with Crippen molar-refractivity contribution < 1.29 is 9.55 Å². The van der Waals surface area contributed by atoms with Gasteiger partial charge < -0.3 is 0 Å². The van der Waals surface area contributed by atoms with Crippen LogP contribution in [0.25, 0.3) is 17.1 Å². The number of H-pyrrole nitrogens is 1. The van der Waals surface area contributed by atoms with Gasteiger partial charge in [-0.05, 0) is 23.8 Å². The summed E-state index contributed by atoms with van der Waals surface area (Å²) < 4.78 is 2.12. The molecule has 0 unspecified atom stereocenters. The number of nitrogens with one attached hydrogen (secondary N) is 1. The molecule has 3 nitrogen and oxygen atoms in total. The van der Waals surface area contributed by atoms with Gasteiger partial charge in [0.2, 0.25) is 12.4 Å². The molecular weight excluding hydrogens is 306 g/mol. The minimum Gasteiger partial charge on any atom is -0.292 e. The lowest BCUT2D eigenvalue weighted by atomic mass is 9.79. The molecule has 0 saturated carbocycles. The van der Waals surface area contributed by atoms with Gasteiger partial charge in [0.1, 0.15) is 7.05 Å². The highest BCUT2D eigenvalue weighted by atomic mass is 14.9. The third kappa shape index (κ3) is 3.36. The maximum atomic E-state index is 4.56. The summed E-state index contributed by atoms with van der Waals surface area (Å²) in [4.78, 5) is 7.92. The van der Waals surface area contributed by atoms with Gasteiger partial charge in [0, 0.05) is 24.2 Å². The summed E-state index contributed by atoms with van der Waals surface area (Å²) in [7, 11) is 3.92. The summed E-state index contributed by atoms with van der Waals surface area (Å²) in [6.07, 6.45) is 8.25. The zero-order valence-electron chi connectivity index (χ0n) is 15.3. The highest BCUT2D eigenvalue weighted by Gasteiger charge is 2.25. The van der Waals surface area contributed by atoms with Crippen LogP contribution in [0.1, 0.15) is 25.0 Å². The van der Waals surface area contributed by atoms with Crippen molar-refractivity contribution in [1.29, 1.82) is 0 Å². The fourth-order valence-electron chi connectivity index (χ4n) is 3.19. The molecular formula is C22H25N3+2. The topological polar surface area (TPSA) is 30.4 Å². The molecule has 3 rings (SSSR count). The Balaban J connectivity index is 2.00. The Morgan fingerprint density at radius 2 is 1.84 bits per heavy atom. The number of aromatic amines is 1. The first-order chi connectivity index (χ1) is 12.0. The predicted octanol–water partition coefficient (Wildman–Crippen LogP) is 3.54. The molecule has 2 aromatic carbocycles. The second kappa shape index (κ2) is 6.98. The first-order valence-corrected chi connectivity index (χ1v) is 8.54. The molecule has 3 aromatic rings. The van der Waals surface area contributed by atoms with Crippen molar-refractivity contribution in [2.24, 2.45) is 12.0 Å². The van der Waals surface area contributed by atoms with Crippen LogP contribution < -0.4 is 9.55 Å². The van der Waals surface area contributed by atoms with E-state index in [9.17, 15) is 0 Å². The van der Waals surface area contributed by atoms with Crippen molar-refractivity contribution in [3.63, 3.8) is 0 Å². The molecule has 0 amide bonds. The van der Waals surface area contributed by atoms with Crippen LogP contribution in [0, 0.1) is 0 Å². The summed E-state index contributed by atoms with van der Waals surface area (Å²) in [6, 6.07) is 16.8. The minimum atomic E-state index is -0.147. The lowest BCUT2D eigenvalue weighted by Crippen LogP contribution is -2.31. The summed E-state index contributed by atoms with van der Waals surface area (Å²) in [5, 5.41) is 0. The molecule has 0 atom stereocenters. The first-order valence-electron chi connectivity index (χ1n) is 8.54. The zero-order valence-corrected chi connectivity index (χ0v) is 15.3. The number of allylic oxidation sites excluding steroid dienone is 1. The van der Waals surface area contributed by atoms with E-state index in [0.29, 0.717) is 0 Å². The molecule has 126 valence electrons. The van der Waals surface area contributed by atoms with Crippen molar-refractivity contribution in [3.8, 4) is 0 Å². The van der Waals surface area contributed by atoms with Crippen LogP contribution in [0.3, 0.4) is 0 Å². The lowest BCUT2D eigenvalue weighted by molar-refractivity contribution is -0.653. The minimum absolute atomic E-state index is 0.147. The lowest BCUT2D eigenvalue weighted by Gasteiger charge is -2.25. The summed E-state index contributed by atoms with van der Waals surface area (Å²) in [6.45, 7) is 4.43. The fraction of sp³-hybridized carbons (Fsp3) is 0.227. The number of aryl methyl sites for hydroxylation is 1. The number of nitrogens with zero attached hydrogens (tertiary/aromatic N) is 2. The highest BCUT2D eigenvalue weighted by Crippen LogP contribution is 2.26. The molecule has 0 bridgehead atoms. The number of benzene rings is 2. The van der Waals surface area contributed by atoms with Gasteiger partial charge in [-0.15, -0.1) is 0 Å². The summed E-state index contributed by atoms with van der Waals surface area (Å²) in [5.41, 5.74) is 5.61. The molecule has 1 aromatic heterocycles. The van der Waals surface area contributed by atoms with Gasteiger partial charge in [-0.25, -0.2) is 4.98 Å². The van der Waals surface area contributed by atoms with Crippen molar-refractivity contribution >= 4 is 22.8 Å². The molecule has 25 heavy (non-hydrogen) atoms. The Hall–Kier alpha value is -2.81. The quantitative estimate of drug-likeness (QED) is 0.517. The van der Waals surface area contributed by atoms with Crippen molar-refractivity contribution in [2.45, 2.75) is 19.3 Å². The molecule has 1 heterocycles. The van der Waals surface area contributed by atoms with Crippen LogP contribution >= 0.6 is 0 Å². The van der Waals surface area contributed by atoms with Crippen LogP contribution in [-0.2, 0) is 12.5 Å². The van der Waals surface area contributed by atoms with Crippen LogP contribution in [-0.4, -0.2) is 12.8 Å². The third-order valence-corrected chi connectivity index (χ3v) is 4.78. The number of aliphatic imine (C=N–C) groups is 1. The molecule has 0 fully saturated rings. The monoisotopic (exact) mass is 331 g/mol. The van der Waals surface area contributed by atoms with Gasteiger partial charge in [-0.2, -0.15) is 4.57 Å². The van der Waals surface area contributed by atoms with E-state index in [0.717, 1.165) is 16.8 Å². The van der Waals surface area contributed by atoms with Gasteiger partial charge in [0.05, 0.1) is 5.56 Å². The van der Waals surface area contributed by atoms with Crippen LogP contribution in [0.4, 0.5) is 0 Å². The van der Waals surface area contributed by atoms with Gasteiger partial charge in [0.15, 0.2) is 0 Å². The molecule has 3 heteroatoms. The van der Waals surface area contributed by atoms with Crippen LogP contribution in [0.5, 0.6) is 0 Å². The van der Waals surface area contributed by atoms with E-state index in [4.69, 9.17) is 0 Å². The highest BCUT2D eigenvalue weighted by molar-refractivity contribution is 6.06. The second-order valence-electron chi connectivity index (χ2n) is 6.75. The Morgan fingerprint density at radius 1 is 1.08 bits per heavy atom. The largest absolute Gasteiger partial charge is 0.292 e. The average Bonchev–Trinajstić information content (AvgIpc) is 2.63. The van der Waals surface area contributed by atoms with E-state index in [1.165, 1.54) is 11.1 Å². The first kappa shape index (κ1) is 17.0. The van der Waals surface area contributed by atoms with Gasteiger partial charge in [-0.3, -0.25) is 4.99 Å². The van der Waals surface area contributed by atoms with Crippen molar-refractivity contribution in [1.82, 2.24) is 0 Å². The number of para-hydroxylation sites is 1. The van der Waals surface area contributed by atoms with E-state index in [-0.39, 0.29) is 5.41 Å². The number of aromatic nitrogens is 2. The van der Waals surface area contributed by atoms with E-state index < -0.39 is 0 Å². The fourth-order valence-corrected chi connectivity index (χ4v) is 3.19. The Morgan fingerprint density at radius 3 is 2.56 bits per heavy atom. The predicted molar refractivity (Wildman–Crippen MR) is 104 cm³/mol. The number of fused-ring (bicyclic) bond motifs is 1. The Bertz CT molecular complexity index is 938. The van der Waals surface area contributed by atoms with Gasteiger partial charge in [-0.1, -0.05) is 50.2 Å². The van der Waals surface area contributed by atoms with Crippen molar-refractivity contribution in [2.75, 3.05) is 7.05 Å². The molecule has 0 aliphatic rings. The smallest absolute Gasteiger partial charge is 0.283 e. The maximum absolute atomic E-state index is 4.56. The molecule has 0 radical (unpaired) electrons. The standard InChI is InChI=1S/C22H24N3/c1-22(2,18-10-6-5-7-11-18)20(23-3)14-13-17-9-8-12-19-21(17)24-15-16-25(19)4/h5-16H,1-4H3/q+1/p+1/b14-13+,23-20?. The second-order valence-corrected chi connectivity index (χ2v) is 6.75. The SMILES string of the molecule is CN=C(/C=C/c1cccc2c1[nH+]cc[n+]2C)C(C)(C)c1ccccc1. The van der Waals surface area contributed by atoms with Crippen LogP contribution in [0.15, 0.2) is 72.0 Å². The van der Waals surface area contributed by atoms with E-state index in [1.54, 1.807) is 0 Å². The number of rotatable bonds is 4. The summed E-state index contributed by atoms with van der Waals surface area (Å²) in [5.74, 6) is 0. The normalized spacial score (nSPS) is 12.9. The molecule has 0 spiro atoms. The van der Waals surface area contributed by atoms with E-state index >= 15 is 0 Å². The molecule has 1 N–H and O–H groups in total. The maximum Gasteiger partial charge on any atom is 0.283 e. The molecule has 0 aliphatic heterocycles.